The van der Waals surface area contributed by atoms with Crippen molar-refractivity contribution in [1.29, 1.82) is 0 Å². The van der Waals surface area contributed by atoms with Crippen LogP contribution in [0.25, 0.3) is 11.0 Å². The van der Waals surface area contributed by atoms with Gasteiger partial charge in [-0.25, -0.2) is 0 Å². The van der Waals surface area contributed by atoms with E-state index in [1.807, 2.05) is 25.2 Å². The van der Waals surface area contributed by atoms with Crippen LogP contribution in [0.1, 0.15) is 25.1 Å². The maximum atomic E-state index is 5.99. The third-order valence-electron chi connectivity index (χ3n) is 4.51. The molecule has 1 aromatic heterocycles. The molecule has 0 aliphatic carbocycles. The summed E-state index contributed by atoms with van der Waals surface area (Å²) in [6, 6.07) is 11.0. The molecule has 114 valence electrons. The van der Waals surface area contributed by atoms with E-state index in [1.54, 1.807) is 0 Å². The topological polar surface area (TPSA) is 37.6 Å². The van der Waals surface area contributed by atoms with Crippen LogP contribution in [0.3, 0.4) is 0 Å². The van der Waals surface area contributed by atoms with Crippen LogP contribution < -0.4 is 5.32 Å². The van der Waals surface area contributed by atoms with Gasteiger partial charge in [0.2, 0.25) is 0 Å². The first-order valence-corrected chi connectivity index (χ1v) is 7.66. The molecule has 0 radical (unpaired) electrons. The summed E-state index contributed by atoms with van der Waals surface area (Å²) >= 11 is 0. The van der Waals surface area contributed by atoms with E-state index in [0.29, 0.717) is 12.1 Å². The van der Waals surface area contributed by atoms with Crippen LogP contribution in [0.4, 0.5) is 0 Å². The number of benzene rings is 1. The van der Waals surface area contributed by atoms with Gasteiger partial charge in [0.25, 0.3) is 0 Å². The summed E-state index contributed by atoms with van der Waals surface area (Å²) in [6.45, 7) is 3.93. The Bertz CT molecular complexity index is 562. The fourth-order valence-corrected chi connectivity index (χ4v) is 3.22. The second-order valence-electron chi connectivity index (χ2n) is 5.90. The third-order valence-corrected chi connectivity index (χ3v) is 4.51. The van der Waals surface area contributed by atoms with E-state index in [1.165, 1.54) is 0 Å². The minimum Gasteiger partial charge on any atom is -0.459 e. The lowest BCUT2D eigenvalue weighted by Gasteiger charge is -2.29. The van der Waals surface area contributed by atoms with Crippen molar-refractivity contribution in [2.24, 2.45) is 0 Å². The number of para-hydroxylation sites is 1. The molecule has 3 rings (SSSR count). The number of rotatable bonds is 5. The molecule has 2 aromatic rings. The Balaban J connectivity index is 1.75. The molecule has 4 nitrogen and oxygen atoms in total. The SMILES string of the molecule is CNC(CN(C)C1CCOC1C)c1cc2ccccc2o1. The van der Waals surface area contributed by atoms with E-state index in [-0.39, 0.29) is 6.04 Å². The van der Waals surface area contributed by atoms with Crippen molar-refractivity contribution in [3.05, 3.63) is 36.1 Å². The van der Waals surface area contributed by atoms with Gasteiger partial charge in [-0.2, -0.15) is 0 Å². The van der Waals surface area contributed by atoms with E-state index in [4.69, 9.17) is 9.15 Å². The van der Waals surface area contributed by atoms with Crippen LogP contribution in [0.2, 0.25) is 0 Å². The normalized spacial score (nSPS) is 24.0. The summed E-state index contributed by atoms with van der Waals surface area (Å²) in [6.07, 6.45) is 1.41. The van der Waals surface area contributed by atoms with Gasteiger partial charge in [0.15, 0.2) is 0 Å². The van der Waals surface area contributed by atoms with Crippen LogP contribution in [-0.2, 0) is 4.74 Å². The molecule has 2 heterocycles. The predicted molar refractivity (Wildman–Crippen MR) is 84.5 cm³/mol. The van der Waals surface area contributed by atoms with Crippen LogP contribution in [0, 0.1) is 0 Å². The Morgan fingerprint density at radius 2 is 2.19 bits per heavy atom. The number of hydrogen-bond acceptors (Lipinski definition) is 4. The first-order chi connectivity index (χ1) is 10.2. The Hall–Kier alpha value is -1.36. The molecule has 1 fully saturated rings. The fourth-order valence-electron chi connectivity index (χ4n) is 3.22. The number of furan rings is 1. The van der Waals surface area contributed by atoms with Gasteiger partial charge in [-0.05, 0) is 39.6 Å². The van der Waals surface area contributed by atoms with Crippen molar-refractivity contribution in [2.75, 3.05) is 27.2 Å². The third kappa shape index (κ3) is 2.98. The van der Waals surface area contributed by atoms with Gasteiger partial charge in [-0.3, -0.25) is 4.90 Å². The molecule has 0 bridgehead atoms. The van der Waals surface area contributed by atoms with Gasteiger partial charge in [0.05, 0.1) is 12.1 Å². The van der Waals surface area contributed by atoms with Crippen molar-refractivity contribution >= 4 is 11.0 Å². The first kappa shape index (κ1) is 14.6. The van der Waals surface area contributed by atoms with Gasteiger partial charge >= 0.3 is 0 Å². The Morgan fingerprint density at radius 3 is 2.86 bits per heavy atom. The number of ether oxygens (including phenoxy) is 1. The highest BCUT2D eigenvalue weighted by molar-refractivity contribution is 5.77. The number of fused-ring (bicyclic) bond motifs is 1. The van der Waals surface area contributed by atoms with Crippen LogP contribution in [0.15, 0.2) is 34.7 Å². The van der Waals surface area contributed by atoms with E-state index in [2.05, 4.69) is 36.3 Å². The van der Waals surface area contributed by atoms with Crippen molar-refractivity contribution in [3.8, 4) is 0 Å². The lowest BCUT2D eigenvalue weighted by molar-refractivity contribution is 0.0797. The second-order valence-corrected chi connectivity index (χ2v) is 5.90. The Labute approximate surface area is 126 Å². The van der Waals surface area contributed by atoms with E-state index >= 15 is 0 Å². The summed E-state index contributed by atoms with van der Waals surface area (Å²) in [5.74, 6) is 0.997. The molecule has 3 atom stereocenters. The quantitative estimate of drug-likeness (QED) is 0.918. The van der Waals surface area contributed by atoms with Gasteiger partial charge in [-0.15, -0.1) is 0 Å². The number of likely N-dealkylation sites (N-methyl/N-ethyl adjacent to an activating group) is 2. The van der Waals surface area contributed by atoms with E-state index in [0.717, 1.165) is 36.3 Å². The maximum Gasteiger partial charge on any atom is 0.134 e. The minimum atomic E-state index is 0.190. The molecule has 3 unspecified atom stereocenters. The summed E-state index contributed by atoms with van der Waals surface area (Å²) in [5.41, 5.74) is 0.952. The highest BCUT2D eigenvalue weighted by Crippen LogP contribution is 2.26. The van der Waals surface area contributed by atoms with Gasteiger partial charge < -0.3 is 14.5 Å². The van der Waals surface area contributed by atoms with Crippen molar-refractivity contribution in [3.63, 3.8) is 0 Å². The molecule has 21 heavy (non-hydrogen) atoms. The predicted octanol–water partition coefficient (Wildman–Crippen LogP) is 2.80. The van der Waals surface area contributed by atoms with Gasteiger partial charge in [-0.1, -0.05) is 18.2 Å². The molecule has 0 amide bonds. The summed E-state index contributed by atoms with van der Waals surface area (Å²) < 4.78 is 11.7. The van der Waals surface area contributed by atoms with Crippen LogP contribution >= 0.6 is 0 Å². The molecule has 1 aromatic carbocycles. The Morgan fingerprint density at radius 1 is 1.38 bits per heavy atom. The monoisotopic (exact) mass is 288 g/mol. The van der Waals surface area contributed by atoms with Crippen molar-refractivity contribution < 1.29 is 9.15 Å². The smallest absolute Gasteiger partial charge is 0.134 e. The number of nitrogens with one attached hydrogen (secondary N) is 1. The first-order valence-electron chi connectivity index (χ1n) is 7.66. The van der Waals surface area contributed by atoms with Crippen molar-refractivity contribution in [2.45, 2.75) is 31.5 Å². The molecule has 0 spiro atoms. The molecule has 1 aliphatic heterocycles. The lowest BCUT2D eigenvalue weighted by atomic mass is 10.1. The zero-order valence-electron chi connectivity index (χ0n) is 13.0. The number of nitrogens with zero attached hydrogens (tertiary/aromatic N) is 1. The molecular formula is C17H24N2O2. The fraction of sp³-hybridized carbons (Fsp3) is 0.529. The summed E-state index contributed by atoms with van der Waals surface area (Å²) in [4.78, 5) is 2.38. The minimum absolute atomic E-state index is 0.190. The number of hydrogen-bond donors (Lipinski definition) is 1. The summed E-state index contributed by atoms with van der Waals surface area (Å²) in [5, 5.41) is 4.53. The van der Waals surface area contributed by atoms with Gasteiger partial charge in [0.1, 0.15) is 11.3 Å². The molecule has 1 aliphatic rings. The zero-order chi connectivity index (χ0) is 14.8. The van der Waals surface area contributed by atoms with Crippen LogP contribution in [0.5, 0.6) is 0 Å². The molecule has 1 N–H and O–H groups in total. The highest BCUT2D eigenvalue weighted by Gasteiger charge is 2.29. The molecule has 1 saturated heterocycles. The Kier molecular flexibility index (Phi) is 4.29. The average Bonchev–Trinajstić information content (AvgIpc) is 3.10. The lowest BCUT2D eigenvalue weighted by Crippen LogP contribution is -2.41. The van der Waals surface area contributed by atoms with E-state index < -0.39 is 0 Å². The van der Waals surface area contributed by atoms with E-state index in [9.17, 15) is 0 Å². The molecule has 4 heteroatoms. The second kappa shape index (κ2) is 6.18. The average molecular weight is 288 g/mol. The van der Waals surface area contributed by atoms with Crippen LogP contribution in [-0.4, -0.2) is 44.3 Å². The molecular weight excluding hydrogens is 264 g/mol. The standard InChI is InChI=1S/C17H24N2O2/c1-12-15(8-9-20-12)19(3)11-14(18-2)17-10-13-6-4-5-7-16(13)21-17/h4-7,10,12,14-15,18H,8-9,11H2,1-3H3. The zero-order valence-corrected chi connectivity index (χ0v) is 13.0. The maximum absolute atomic E-state index is 5.99. The van der Waals surface area contributed by atoms with Gasteiger partial charge in [0, 0.05) is 24.6 Å². The largest absolute Gasteiger partial charge is 0.459 e. The highest BCUT2D eigenvalue weighted by atomic mass is 16.5. The summed E-state index contributed by atoms with van der Waals surface area (Å²) in [7, 11) is 4.16. The molecule has 0 saturated carbocycles. The van der Waals surface area contributed by atoms with Crippen molar-refractivity contribution in [1.82, 2.24) is 10.2 Å².